The summed E-state index contributed by atoms with van der Waals surface area (Å²) in [6.07, 6.45) is 0.712. The van der Waals surface area contributed by atoms with E-state index in [0.29, 0.717) is 16.8 Å². The van der Waals surface area contributed by atoms with Gasteiger partial charge in [-0.3, -0.25) is 4.98 Å². The first-order valence-corrected chi connectivity index (χ1v) is 13.0. The maximum atomic E-state index is 15.6. The first-order chi connectivity index (χ1) is 20.4. The predicted octanol–water partition coefficient (Wildman–Crippen LogP) is 3.92. The zero-order valence-corrected chi connectivity index (χ0v) is 24.1. The Kier molecular flexibility index (Phi) is 8.84. The number of anilines is 1. The Hall–Kier alpha value is -5.58. The van der Waals surface area contributed by atoms with Gasteiger partial charge in [0.25, 0.3) is 0 Å². The third-order valence-corrected chi connectivity index (χ3v) is 6.05. The van der Waals surface area contributed by atoms with Gasteiger partial charge in [0.1, 0.15) is 17.5 Å². The Bertz CT molecular complexity index is 1740. The molecule has 0 aliphatic heterocycles. The van der Waals surface area contributed by atoms with Crippen molar-refractivity contribution in [1.82, 2.24) is 25.1 Å². The minimum Gasteiger partial charge on any atom is -0.504 e. The molecule has 13 nitrogen and oxygen atoms in total. The number of benzene rings is 2. The maximum absolute atomic E-state index is 15.6. The number of nitrogens with zero attached hydrogens (tertiary/aromatic N) is 4. The molecule has 43 heavy (non-hydrogen) atoms. The van der Waals surface area contributed by atoms with Gasteiger partial charge in [-0.1, -0.05) is 0 Å². The van der Waals surface area contributed by atoms with Crippen LogP contribution in [0, 0.1) is 17.1 Å². The molecule has 0 fully saturated rings. The molecule has 4 N–H and O–H groups in total. The van der Waals surface area contributed by atoms with Crippen LogP contribution in [0.15, 0.2) is 53.5 Å². The van der Waals surface area contributed by atoms with E-state index in [-0.39, 0.29) is 41.0 Å². The fraction of sp³-hybridized carbons (Fsp3) is 0.276. The molecule has 14 heteroatoms. The number of halogens is 1. The van der Waals surface area contributed by atoms with Gasteiger partial charge in [0.05, 0.1) is 25.9 Å². The lowest BCUT2D eigenvalue weighted by molar-refractivity contribution is 0.0523. The van der Waals surface area contributed by atoms with Crippen molar-refractivity contribution in [2.24, 2.45) is 0 Å². The van der Waals surface area contributed by atoms with Crippen molar-refractivity contribution in [2.75, 3.05) is 19.5 Å². The Morgan fingerprint density at radius 3 is 2.56 bits per heavy atom. The summed E-state index contributed by atoms with van der Waals surface area (Å²) in [5.41, 5.74) is -0.286. The van der Waals surface area contributed by atoms with E-state index in [1.165, 1.54) is 44.7 Å². The second kappa shape index (κ2) is 12.5. The average molecular weight is 592 g/mol. The molecule has 4 aromatic rings. The predicted molar refractivity (Wildman–Crippen MR) is 153 cm³/mol. The molecule has 2 aromatic heterocycles. The molecule has 0 spiro atoms. The van der Waals surface area contributed by atoms with Crippen LogP contribution >= 0.6 is 0 Å². The Morgan fingerprint density at radius 2 is 1.91 bits per heavy atom. The van der Waals surface area contributed by atoms with Crippen molar-refractivity contribution >= 4 is 11.8 Å². The van der Waals surface area contributed by atoms with Gasteiger partial charge in [0.2, 0.25) is 5.82 Å². The van der Waals surface area contributed by atoms with Crippen LogP contribution in [0.2, 0.25) is 0 Å². The molecule has 2 aromatic carbocycles. The van der Waals surface area contributed by atoms with Gasteiger partial charge in [-0.05, 0) is 62.7 Å². The van der Waals surface area contributed by atoms with E-state index in [2.05, 4.69) is 31.8 Å². The van der Waals surface area contributed by atoms with Gasteiger partial charge in [-0.15, -0.1) is 5.10 Å². The van der Waals surface area contributed by atoms with Crippen LogP contribution in [0.4, 0.5) is 14.9 Å². The second-order valence-electron chi connectivity index (χ2n) is 10.2. The number of aromatic nitrogens is 4. The summed E-state index contributed by atoms with van der Waals surface area (Å²) >= 11 is 0. The average Bonchev–Trinajstić information content (AvgIpc) is 3.35. The molecule has 0 saturated carbocycles. The van der Waals surface area contributed by atoms with Crippen LogP contribution < -0.4 is 25.8 Å². The van der Waals surface area contributed by atoms with Gasteiger partial charge in [0.15, 0.2) is 23.1 Å². The Morgan fingerprint density at radius 1 is 1.19 bits per heavy atom. The van der Waals surface area contributed by atoms with E-state index in [1.807, 2.05) is 0 Å². The van der Waals surface area contributed by atoms with Crippen molar-refractivity contribution < 1.29 is 28.5 Å². The molecule has 0 bridgehead atoms. The van der Waals surface area contributed by atoms with Gasteiger partial charge >= 0.3 is 11.8 Å². The van der Waals surface area contributed by atoms with Crippen LogP contribution in [0.25, 0.3) is 5.82 Å². The number of pyridine rings is 1. The van der Waals surface area contributed by atoms with E-state index < -0.39 is 29.2 Å². The summed E-state index contributed by atoms with van der Waals surface area (Å²) in [5, 5.41) is 30.0. The molecule has 0 saturated heterocycles. The van der Waals surface area contributed by atoms with Gasteiger partial charge < -0.3 is 30.0 Å². The smallest absolute Gasteiger partial charge is 0.407 e. The Balaban J connectivity index is 1.78. The second-order valence-corrected chi connectivity index (χ2v) is 10.2. The van der Waals surface area contributed by atoms with E-state index in [1.54, 1.807) is 32.9 Å². The van der Waals surface area contributed by atoms with Gasteiger partial charge in [0, 0.05) is 30.1 Å². The minimum atomic E-state index is -1.13. The lowest BCUT2D eigenvalue weighted by Gasteiger charge is -2.21. The fourth-order valence-corrected chi connectivity index (χ4v) is 4.14. The number of amides is 1. The van der Waals surface area contributed by atoms with E-state index in [0.717, 1.165) is 10.7 Å². The standard InChI is InChI=1S/C29H30FN7O6/c1-29(2,3)43-28(40)33-15-17-11-18(9-8-16(17)14-31)34-24(19-12-22(41-4)23(42-5)13-20(19)30)25-35-27(39)37(36-25)26-21(38)7-6-10-32-26/h6-13,24,34,38H,15H2,1-5H3,(H,33,40)(H,35,36,39). The number of nitrogens with one attached hydrogen (secondary N) is 3. The zero-order chi connectivity index (χ0) is 31.3. The SMILES string of the molecule is COc1cc(F)c(C(Nc2ccc(C#N)c(CNC(=O)OC(C)(C)C)c2)c2nn(-c3ncccc3O)c(=O)[nH]2)cc1OC. The number of alkyl carbamates (subject to hydrolysis) is 1. The molecule has 0 radical (unpaired) electrons. The highest BCUT2D eigenvalue weighted by atomic mass is 19.1. The molecule has 1 atom stereocenters. The number of hydrogen-bond acceptors (Lipinski definition) is 10. The molecule has 1 unspecified atom stereocenters. The lowest BCUT2D eigenvalue weighted by atomic mass is 10.0. The zero-order valence-electron chi connectivity index (χ0n) is 24.1. The number of carbonyl (C=O) groups excluding carboxylic acids is 1. The number of rotatable bonds is 9. The van der Waals surface area contributed by atoms with E-state index >= 15 is 4.39 Å². The van der Waals surface area contributed by atoms with E-state index in [9.17, 15) is 20.0 Å². The number of carbonyl (C=O) groups is 1. The quantitative estimate of drug-likeness (QED) is 0.223. The maximum Gasteiger partial charge on any atom is 0.407 e. The normalized spacial score (nSPS) is 11.7. The van der Waals surface area contributed by atoms with Gasteiger partial charge in [-0.25, -0.2) is 19.0 Å². The molecule has 224 valence electrons. The van der Waals surface area contributed by atoms with Crippen LogP contribution in [0.5, 0.6) is 17.2 Å². The highest BCUT2D eigenvalue weighted by Crippen LogP contribution is 2.35. The molecular formula is C29H30FN7O6. The van der Waals surface area contributed by atoms with Crippen LogP contribution in [0.1, 0.15) is 49.3 Å². The van der Waals surface area contributed by atoms with Crippen LogP contribution in [-0.4, -0.2) is 50.8 Å². The van der Waals surface area contributed by atoms with Crippen molar-refractivity contribution in [3.63, 3.8) is 0 Å². The summed E-state index contributed by atoms with van der Waals surface area (Å²) in [6.45, 7) is 5.15. The topological polar surface area (TPSA) is 176 Å². The lowest BCUT2D eigenvalue weighted by Crippen LogP contribution is -2.32. The van der Waals surface area contributed by atoms with Crippen LogP contribution in [0.3, 0.4) is 0 Å². The third kappa shape index (κ3) is 7.02. The van der Waals surface area contributed by atoms with Crippen molar-refractivity contribution in [1.29, 1.82) is 5.26 Å². The number of aromatic hydroxyl groups is 1. The molecule has 2 heterocycles. The van der Waals surface area contributed by atoms with Gasteiger partial charge in [-0.2, -0.15) is 9.94 Å². The minimum absolute atomic E-state index is 0.0287. The van der Waals surface area contributed by atoms with Crippen molar-refractivity contribution in [2.45, 2.75) is 39.0 Å². The molecule has 0 aliphatic rings. The number of hydrogen-bond donors (Lipinski definition) is 4. The number of H-pyrrole nitrogens is 1. The fourth-order valence-electron chi connectivity index (χ4n) is 4.14. The number of methoxy groups -OCH3 is 2. The van der Waals surface area contributed by atoms with Crippen molar-refractivity contribution in [3.8, 4) is 29.1 Å². The monoisotopic (exact) mass is 591 g/mol. The van der Waals surface area contributed by atoms with Crippen molar-refractivity contribution in [3.05, 3.63) is 87.5 Å². The summed E-state index contributed by atoms with van der Waals surface area (Å²) in [6, 6.07) is 11.0. The number of nitriles is 1. The summed E-state index contributed by atoms with van der Waals surface area (Å²) in [7, 11) is 2.77. The highest BCUT2D eigenvalue weighted by molar-refractivity contribution is 5.68. The summed E-state index contributed by atoms with van der Waals surface area (Å²) < 4.78 is 32.3. The molecular weight excluding hydrogens is 561 g/mol. The first kappa shape index (κ1) is 30.4. The largest absolute Gasteiger partial charge is 0.504 e. The molecule has 1 amide bonds. The number of aromatic amines is 1. The third-order valence-electron chi connectivity index (χ3n) is 6.05. The molecule has 4 rings (SSSR count). The summed E-state index contributed by atoms with van der Waals surface area (Å²) in [5.74, 6) is -0.787. The summed E-state index contributed by atoms with van der Waals surface area (Å²) in [4.78, 5) is 31.8. The van der Waals surface area contributed by atoms with Crippen LogP contribution in [-0.2, 0) is 11.3 Å². The Labute approximate surface area is 245 Å². The number of ether oxygens (including phenoxy) is 3. The molecule has 0 aliphatic carbocycles. The van der Waals surface area contributed by atoms with E-state index in [4.69, 9.17) is 14.2 Å². The first-order valence-electron chi connectivity index (χ1n) is 13.0. The highest BCUT2D eigenvalue weighted by Gasteiger charge is 2.26.